The number of rotatable bonds is 3. The molecule has 0 aliphatic carbocycles. The van der Waals surface area contributed by atoms with E-state index in [4.69, 9.17) is 5.73 Å². The van der Waals surface area contributed by atoms with Gasteiger partial charge in [0.2, 0.25) is 23.7 Å². The van der Waals surface area contributed by atoms with Crippen LogP contribution in [0, 0.1) is 0 Å². The van der Waals surface area contributed by atoms with Gasteiger partial charge in [0.1, 0.15) is 6.04 Å². The van der Waals surface area contributed by atoms with Crippen LogP contribution in [-0.4, -0.2) is 27.3 Å². The summed E-state index contributed by atoms with van der Waals surface area (Å²) in [6.45, 7) is 0. The Morgan fingerprint density at radius 2 is 1.88 bits per heavy atom. The molecular weight excluding hydrogens is 334 g/mol. The van der Waals surface area contributed by atoms with Gasteiger partial charge in [-0.05, 0) is 36.4 Å². The molecule has 2 heterocycles. The quantitative estimate of drug-likeness (QED) is 0.666. The number of fused-ring (bicyclic) bond motifs is 3. The summed E-state index contributed by atoms with van der Waals surface area (Å²) in [7, 11) is 0. The Morgan fingerprint density at radius 3 is 2.62 bits per heavy atom. The van der Waals surface area contributed by atoms with Crippen LogP contribution in [0.4, 0.5) is 11.6 Å². The molecule has 2 aromatic carbocycles. The van der Waals surface area contributed by atoms with Crippen LogP contribution in [0.1, 0.15) is 22.8 Å². The van der Waals surface area contributed by atoms with E-state index in [-0.39, 0.29) is 18.2 Å². The first-order valence-electron chi connectivity index (χ1n) is 8.00. The topological polar surface area (TPSA) is 119 Å². The van der Waals surface area contributed by atoms with Gasteiger partial charge in [0.15, 0.2) is 0 Å². The van der Waals surface area contributed by atoms with Gasteiger partial charge >= 0.3 is 0 Å². The van der Waals surface area contributed by atoms with Crippen LogP contribution < -0.4 is 16.4 Å². The van der Waals surface area contributed by atoms with Crippen molar-refractivity contribution in [2.75, 3.05) is 10.6 Å². The van der Waals surface area contributed by atoms with Gasteiger partial charge < -0.3 is 11.1 Å². The number of hydrogen-bond acceptors (Lipinski definition) is 4. The van der Waals surface area contributed by atoms with E-state index in [0.717, 1.165) is 5.52 Å². The molecule has 1 aromatic heterocycles. The largest absolute Gasteiger partial charge is 0.366 e. The summed E-state index contributed by atoms with van der Waals surface area (Å²) in [4.78, 5) is 40.3. The van der Waals surface area contributed by atoms with Gasteiger partial charge in [0.05, 0.1) is 17.5 Å². The van der Waals surface area contributed by atoms with Crippen LogP contribution in [0.25, 0.3) is 11.0 Å². The maximum Gasteiger partial charge on any atom is 0.248 e. The highest BCUT2D eigenvalue weighted by atomic mass is 16.2. The van der Waals surface area contributed by atoms with Crippen LogP contribution in [0.3, 0.4) is 0 Å². The standard InChI is InChI=1S/C18H15N5O3/c19-16(25)10-5-7-11(8-6-10)20-17(26)14-9-15(24)22-18-21-12-3-1-2-4-13(12)23(14)18/h1-8,14H,9H2,(H2,19,25)(H,20,26)(H,21,22,24)/t14-/m1/s1. The van der Waals surface area contributed by atoms with Gasteiger partial charge in [-0.3, -0.25) is 24.3 Å². The molecule has 4 rings (SSSR count). The van der Waals surface area contributed by atoms with Gasteiger partial charge in [-0.25, -0.2) is 4.98 Å². The van der Waals surface area contributed by atoms with E-state index in [2.05, 4.69) is 15.6 Å². The molecule has 0 spiro atoms. The number of para-hydroxylation sites is 2. The highest BCUT2D eigenvalue weighted by molar-refractivity contribution is 6.03. The summed E-state index contributed by atoms with van der Waals surface area (Å²) >= 11 is 0. The normalized spacial score (nSPS) is 16.0. The first-order valence-corrected chi connectivity index (χ1v) is 8.00. The Bertz CT molecular complexity index is 1040. The Kier molecular flexibility index (Phi) is 3.65. The van der Waals surface area contributed by atoms with Crippen molar-refractivity contribution in [2.24, 2.45) is 5.73 Å². The van der Waals surface area contributed by atoms with Crippen LogP contribution in [0.2, 0.25) is 0 Å². The Hall–Kier alpha value is -3.68. The van der Waals surface area contributed by atoms with Crippen LogP contribution in [-0.2, 0) is 9.59 Å². The molecule has 1 aliphatic heterocycles. The van der Waals surface area contributed by atoms with E-state index < -0.39 is 11.9 Å². The van der Waals surface area contributed by atoms with Crippen LogP contribution in [0.5, 0.6) is 0 Å². The highest BCUT2D eigenvalue weighted by Gasteiger charge is 2.32. The molecule has 130 valence electrons. The lowest BCUT2D eigenvalue weighted by Crippen LogP contribution is -2.35. The zero-order valence-electron chi connectivity index (χ0n) is 13.6. The lowest BCUT2D eigenvalue weighted by molar-refractivity contribution is -0.124. The SMILES string of the molecule is NC(=O)c1ccc(NC(=O)[C@H]2CC(=O)Nc3nc4ccccc4n32)cc1. The van der Waals surface area contributed by atoms with Crippen molar-refractivity contribution in [2.45, 2.75) is 12.5 Å². The molecule has 0 fully saturated rings. The Labute approximate surface area is 148 Å². The molecule has 3 aromatic rings. The van der Waals surface area contributed by atoms with Crippen LogP contribution >= 0.6 is 0 Å². The summed E-state index contributed by atoms with van der Waals surface area (Å²) in [6.07, 6.45) is 0.0125. The second-order valence-corrected chi connectivity index (χ2v) is 5.99. The van der Waals surface area contributed by atoms with Gasteiger partial charge in [0.25, 0.3) is 0 Å². The minimum Gasteiger partial charge on any atom is -0.366 e. The fourth-order valence-corrected chi connectivity index (χ4v) is 3.04. The van der Waals surface area contributed by atoms with Gasteiger partial charge in [-0.15, -0.1) is 0 Å². The predicted molar refractivity (Wildman–Crippen MR) is 95.6 cm³/mol. The average molecular weight is 349 g/mol. The number of imidazole rings is 1. The molecule has 4 N–H and O–H groups in total. The summed E-state index contributed by atoms with van der Waals surface area (Å²) in [6, 6.07) is 12.9. The van der Waals surface area contributed by atoms with E-state index in [9.17, 15) is 14.4 Å². The third kappa shape index (κ3) is 2.67. The lowest BCUT2D eigenvalue weighted by atomic mass is 10.1. The number of carbonyl (C=O) groups excluding carboxylic acids is 3. The van der Waals surface area contributed by atoms with E-state index >= 15 is 0 Å². The third-order valence-corrected chi connectivity index (χ3v) is 4.28. The minimum atomic E-state index is -0.720. The van der Waals surface area contributed by atoms with Crippen molar-refractivity contribution in [3.05, 3.63) is 54.1 Å². The number of benzene rings is 2. The number of nitrogens with zero attached hydrogens (tertiary/aromatic N) is 2. The number of amides is 3. The van der Waals surface area contributed by atoms with E-state index in [1.807, 2.05) is 24.3 Å². The maximum absolute atomic E-state index is 12.8. The number of aromatic nitrogens is 2. The molecule has 1 aliphatic rings. The van der Waals surface area contributed by atoms with Gasteiger partial charge in [-0.2, -0.15) is 0 Å². The van der Waals surface area contributed by atoms with E-state index in [1.54, 1.807) is 16.7 Å². The van der Waals surface area contributed by atoms with Crippen molar-refractivity contribution in [3.63, 3.8) is 0 Å². The molecule has 1 atom stereocenters. The number of nitrogens with two attached hydrogens (primary N) is 1. The molecule has 26 heavy (non-hydrogen) atoms. The maximum atomic E-state index is 12.8. The molecule has 8 nitrogen and oxygen atoms in total. The zero-order chi connectivity index (χ0) is 18.3. The second-order valence-electron chi connectivity index (χ2n) is 5.99. The number of anilines is 2. The number of carbonyl (C=O) groups is 3. The Morgan fingerprint density at radius 1 is 1.15 bits per heavy atom. The molecule has 0 saturated heterocycles. The van der Waals surface area contributed by atoms with Crippen molar-refractivity contribution >= 4 is 40.4 Å². The van der Waals surface area contributed by atoms with Crippen molar-refractivity contribution in [3.8, 4) is 0 Å². The van der Waals surface area contributed by atoms with E-state index in [0.29, 0.717) is 22.7 Å². The summed E-state index contributed by atoms with van der Waals surface area (Å²) in [5.74, 6) is -0.791. The van der Waals surface area contributed by atoms with E-state index in [1.165, 1.54) is 12.1 Å². The molecule has 0 bridgehead atoms. The first kappa shape index (κ1) is 15.8. The molecule has 8 heteroatoms. The molecular formula is C18H15N5O3. The monoisotopic (exact) mass is 349 g/mol. The fraction of sp³-hybridized carbons (Fsp3) is 0.111. The zero-order valence-corrected chi connectivity index (χ0v) is 13.6. The predicted octanol–water partition coefficient (Wildman–Crippen LogP) is 1.66. The van der Waals surface area contributed by atoms with Crippen molar-refractivity contribution < 1.29 is 14.4 Å². The van der Waals surface area contributed by atoms with Gasteiger partial charge in [-0.1, -0.05) is 12.1 Å². The van der Waals surface area contributed by atoms with Gasteiger partial charge in [0, 0.05) is 11.3 Å². The van der Waals surface area contributed by atoms with Crippen molar-refractivity contribution in [1.82, 2.24) is 9.55 Å². The smallest absolute Gasteiger partial charge is 0.248 e. The fourth-order valence-electron chi connectivity index (χ4n) is 3.04. The molecule has 0 radical (unpaired) electrons. The summed E-state index contributed by atoms with van der Waals surface area (Å²) < 4.78 is 1.73. The second kappa shape index (κ2) is 5.99. The highest BCUT2D eigenvalue weighted by Crippen LogP contribution is 2.31. The first-order chi connectivity index (χ1) is 12.5. The Balaban J connectivity index is 1.66. The number of nitrogens with one attached hydrogen (secondary N) is 2. The number of primary amides is 1. The van der Waals surface area contributed by atoms with Crippen LogP contribution in [0.15, 0.2) is 48.5 Å². The summed E-state index contributed by atoms with van der Waals surface area (Å²) in [5, 5.41) is 5.47. The lowest BCUT2D eigenvalue weighted by Gasteiger charge is -2.25. The molecule has 0 unspecified atom stereocenters. The summed E-state index contributed by atoms with van der Waals surface area (Å²) in [5.41, 5.74) is 7.54. The van der Waals surface area contributed by atoms with Crippen molar-refractivity contribution in [1.29, 1.82) is 0 Å². The molecule has 3 amide bonds. The molecule has 0 saturated carbocycles. The average Bonchev–Trinajstić information content (AvgIpc) is 2.99. The third-order valence-electron chi connectivity index (χ3n) is 4.28. The number of hydrogen-bond donors (Lipinski definition) is 3. The minimum absolute atomic E-state index is 0.0125.